The van der Waals surface area contributed by atoms with Gasteiger partial charge in [-0.1, -0.05) is 0 Å². The zero-order valence-electron chi connectivity index (χ0n) is 9.12. The van der Waals surface area contributed by atoms with Crippen molar-refractivity contribution >= 4 is 5.65 Å². The van der Waals surface area contributed by atoms with E-state index in [-0.39, 0.29) is 0 Å². The number of aromatic nitrogens is 5. The van der Waals surface area contributed by atoms with E-state index < -0.39 is 0 Å². The zero-order chi connectivity index (χ0) is 11.1. The fraction of sp³-hybridized carbons (Fsp3) is 0.182. The van der Waals surface area contributed by atoms with Crippen LogP contribution in [0, 0.1) is 6.92 Å². The Hall–Kier alpha value is -2.17. The molecule has 5 nitrogen and oxygen atoms in total. The van der Waals surface area contributed by atoms with E-state index in [1.807, 2.05) is 36.8 Å². The van der Waals surface area contributed by atoms with Gasteiger partial charge >= 0.3 is 0 Å². The molecule has 0 amide bonds. The van der Waals surface area contributed by atoms with Crippen LogP contribution in [0.1, 0.15) is 5.69 Å². The molecule has 16 heavy (non-hydrogen) atoms. The SMILES string of the molecule is Cc1ccnc2cc(-c3cnn(C)c3)nn12. The number of hydrogen-bond donors (Lipinski definition) is 0. The summed E-state index contributed by atoms with van der Waals surface area (Å²) in [4.78, 5) is 4.27. The lowest BCUT2D eigenvalue weighted by atomic mass is 10.3. The van der Waals surface area contributed by atoms with Crippen molar-refractivity contribution in [1.29, 1.82) is 0 Å². The van der Waals surface area contributed by atoms with Crippen LogP contribution in [0.3, 0.4) is 0 Å². The fourth-order valence-electron chi connectivity index (χ4n) is 1.71. The van der Waals surface area contributed by atoms with Crippen LogP contribution >= 0.6 is 0 Å². The van der Waals surface area contributed by atoms with Gasteiger partial charge in [0, 0.05) is 36.8 Å². The summed E-state index contributed by atoms with van der Waals surface area (Å²) in [7, 11) is 1.89. The maximum Gasteiger partial charge on any atom is 0.155 e. The minimum atomic E-state index is 0.860. The quantitative estimate of drug-likeness (QED) is 0.614. The molecular formula is C11H11N5. The molecule has 3 aromatic rings. The summed E-state index contributed by atoms with van der Waals surface area (Å²) in [5, 5.41) is 8.63. The van der Waals surface area contributed by atoms with Gasteiger partial charge < -0.3 is 0 Å². The molecular weight excluding hydrogens is 202 g/mol. The van der Waals surface area contributed by atoms with Crippen LogP contribution in [-0.4, -0.2) is 24.4 Å². The average Bonchev–Trinajstić information content (AvgIpc) is 2.84. The Kier molecular flexibility index (Phi) is 1.80. The summed E-state index contributed by atoms with van der Waals surface area (Å²) in [6.07, 6.45) is 5.54. The molecule has 3 aromatic heterocycles. The molecule has 0 aromatic carbocycles. The number of aryl methyl sites for hydroxylation is 2. The van der Waals surface area contributed by atoms with Crippen molar-refractivity contribution in [1.82, 2.24) is 24.4 Å². The van der Waals surface area contributed by atoms with Gasteiger partial charge in [0.15, 0.2) is 5.65 Å². The first-order chi connectivity index (χ1) is 7.74. The van der Waals surface area contributed by atoms with Crippen LogP contribution in [0.25, 0.3) is 16.9 Å². The standard InChI is InChI=1S/C11H11N5/c1-8-3-4-12-11-5-10(14-16(8)11)9-6-13-15(2)7-9/h3-7H,1-2H3. The van der Waals surface area contributed by atoms with Gasteiger partial charge in [0.1, 0.15) is 0 Å². The Morgan fingerprint density at radius 1 is 1.31 bits per heavy atom. The van der Waals surface area contributed by atoms with E-state index in [1.54, 1.807) is 17.1 Å². The summed E-state index contributed by atoms with van der Waals surface area (Å²) in [6, 6.07) is 3.90. The summed E-state index contributed by atoms with van der Waals surface area (Å²) in [5.41, 5.74) is 3.83. The number of hydrogen-bond acceptors (Lipinski definition) is 3. The van der Waals surface area contributed by atoms with E-state index in [4.69, 9.17) is 0 Å². The molecule has 0 atom stereocenters. The molecule has 0 radical (unpaired) electrons. The summed E-state index contributed by atoms with van der Waals surface area (Å²) >= 11 is 0. The van der Waals surface area contributed by atoms with Gasteiger partial charge in [-0.3, -0.25) is 4.68 Å². The highest BCUT2D eigenvalue weighted by molar-refractivity contribution is 5.62. The number of nitrogens with zero attached hydrogens (tertiary/aromatic N) is 5. The van der Waals surface area contributed by atoms with E-state index in [0.29, 0.717) is 0 Å². The van der Waals surface area contributed by atoms with E-state index in [9.17, 15) is 0 Å². The monoisotopic (exact) mass is 213 g/mol. The van der Waals surface area contributed by atoms with Crippen molar-refractivity contribution in [3.8, 4) is 11.3 Å². The predicted molar refractivity (Wildman–Crippen MR) is 59.9 cm³/mol. The molecule has 80 valence electrons. The predicted octanol–water partition coefficient (Wildman–Crippen LogP) is 1.44. The van der Waals surface area contributed by atoms with Crippen molar-refractivity contribution in [3.63, 3.8) is 0 Å². The van der Waals surface area contributed by atoms with Crippen molar-refractivity contribution in [2.24, 2.45) is 7.05 Å². The van der Waals surface area contributed by atoms with E-state index in [1.165, 1.54) is 0 Å². The first kappa shape index (κ1) is 9.08. The van der Waals surface area contributed by atoms with Crippen LogP contribution in [0.4, 0.5) is 0 Å². The number of rotatable bonds is 1. The van der Waals surface area contributed by atoms with Crippen LogP contribution in [0.5, 0.6) is 0 Å². The summed E-state index contributed by atoms with van der Waals surface area (Å²) < 4.78 is 3.60. The molecule has 0 fully saturated rings. The molecule has 0 bridgehead atoms. The maximum absolute atomic E-state index is 4.50. The van der Waals surface area contributed by atoms with E-state index in [2.05, 4.69) is 15.2 Å². The Morgan fingerprint density at radius 2 is 2.19 bits per heavy atom. The Morgan fingerprint density at radius 3 is 2.88 bits per heavy atom. The summed E-state index contributed by atoms with van der Waals surface area (Å²) in [6.45, 7) is 2.01. The van der Waals surface area contributed by atoms with Crippen LogP contribution in [0.15, 0.2) is 30.7 Å². The number of fused-ring (bicyclic) bond motifs is 1. The highest BCUT2D eigenvalue weighted by atomic mass is 15.3. The third kappa shape index (κ3) is 1.29. The smallest absolute Gasteiger partial charge is 0.155 e. The van der Waals surface area contributed by atoms with Crippen LogP contribution < -0.4 is 0 Å². The molecule has 0 aliphatic rings. The lowest BCUT2D eigenvalue weighted by Gasteiger charge is -1.94. The average molecular weight is 213 g/mol. The Balaban J connectivity index is 2.22. The molecule has 0 aliphatic carbocycles. The van der Waals surface area contributed by atoms with Crippen molar-refractivity contribution in [2.75, 3.05) is 0 Å². The molecule has 0 aliphatic heterocycles. The van der Waals surface area contributed by atoms with Gasteiger partial charge in [0.2, 0.25) is 0 Å². The van der Waals surface area contributed by atoms with Crippen LogP contribution in [-0.2, 0) is 7.05 Å². The second-order valence-electron chi connectivity index (χ2n) is 3.79. The first-order valence-corrected chi connectivity index (χ1v) is 5.04. The maximum atomic E-state index is 4.50. The lowest BCUT2D eigenvalue weighted by molar-refractivity contribution is 0.768. The van der Waals surface area contributed by atoms with E-state index >= 15 is 0 Å². The molecule has 3 rings (SSSR count). The molecule has 5 heteroatoms. The second kappa shape index (κ2) is 3.16. The minimum absolute atomic E-state index is 0.860. The van der Waals surface area contributed by atoms with Gasteiger partial charge in [-0.2, -0.15) is 10.2 Å². The zero-order valence-corrected chi connectivity index (χ0v) is 9.12. The first-order valence-electron chi connectivity index (χ1n) is 5.04. The van der Waals surface area contributed by atoms with Crippen LogP contribution in [0.2, 0.25) is 0 Å². The molecule has 0 saturated heterocycles. The molecule has 0 saturated carbocycles. The topological polar surface area (TPSA) is 48.0 Å². The third-order valence-electron chi connectivity index (χ3n) is 2.55. The minimum Gasteiger partial charge on any atom is -0.275 e. The van der Waals surface area contributed by atoms with E-state index in [0.717, 1.165) is 22.6 Å². The highest BCUT2D eigenvalue weighted by Crippen LogP contribution is 2.18. The highest BCUT2D eigenvalue weighted by Gasteiger charge is 2.07. The normalized spacial score (nSPS) is 11.1. The van der Waals surface area contributed by atoms with Gasteiger partial charge in [0.05, 0.1) is 11.9 Å². The van der Waals surface area contributed by atoms with Gasteiger partial charge in [-0.15, -0.1) is 0 Å². The largest absolute Gasteiger partial charge is 0.275 e. The van der Waals surface area contributed by atoms with Crippen molar-refractivity contribution in [2.45, 2.75) is 6.92 Å². The molecule has 0 N–H and O–H groups in total. The lowest BCUT2D eigenvalue weighted by Crippen LogP contribution is -1.93. The van der Waals surface area contributed by atoms with Crippen molar-refractivity contribution in [3.05, 3.63) is 36.4 Å². The third-order valence-corrected chi connectivity index (χ3v) is 2.55. The fourth-order valence-corrected chi connectivity index (χ4v) is 1.71. The Bertz CT molecular complexity index is 649. The van der Waals surface area contributed by atoms with Gasteiger partial charge in [-0.05, 0) is 13.0 Å². The van der Waals surface area contributed by atoms with Crippen molar-refractivity contribution < 1.29 is 0 Å². The summed E-state index contributed by atoms with van der Waals surface area (Å²) in [5.74, 6) is 0. The van der Waals surface area contributed by atoms with Gasteiger partial charge in [0.25, 0.3) is 0 Å². The molecule has 0 unspecified atom stereocenters. The van der Waals surface area contributed by atoms with Gasteiger partial charge in [-0.25, -0.2) is 9.50 Å². The second-order valence-corrected chi connectivity index (χ2v) is 3.79. The molecule has 0 spiro atoms. The molecule has 3 heterocycles. The Labute approximate surface area is 92.4 Å².